The van der Waals surface area contributed by atoms with Crippen molar-refractivity contribution < 1.29 is 37.3 Å². The molecule has 202 valence electrons. The molecule has 1 atom stereocenters. The summed E-state index contributed by atoms with van der Waals surface area (Å²) >= 11 is 0. The zero-order chi connectivity index (χ0) is 27.2. The third-order valence-electron chi connectivity index (χ3n) is 6.48. The zero-order valence-corrected chi connectivity index (χ0v) is 21.9. The lowest BCUT2D eigenvalue weighted by Crippen LogP contribution is -2.61. The molecule has 1 aliphatic rings. The average Bonchev–Trinajstić information content (AvgIpc) is 2.94. The summed E-state index contributed by atoms with van der Waals surface area (Å²) in [5, 5.41) is 10.1. The lowest BCUT2D eigenvalue weighted by molar-refractivity contribution is -0.278. The Hall–Kier alpha value is -3.44. The van der Waals surface area contributed by atoms with Gasteiger partial charge in [0.2, 0.25) is 14.7 Å². The molecule has 0 aromatic heterocycles. The summed E-state index contributed by atoms with van der Waals surface area (Å²) in [6.07, 6.45) is 0.0571. The minimum absolute atomic E-state index is 0.0834. The largest absolute Gasteiger partial charge is 0.497 e. The van der Waals surface area contributed by atoms with Gasteiger partial charge in [-0.25, -0.2) is 13.2 Å². The van der Waals surface area contributed by atoms with Crippen LogP contribution in [0.4, 0.5) is 0 Å². The van der Waals surface area contributed by atoms with Gasteiger partial charge in [-0.2, -0.15) is 0 Å². The van der Waals surface area contributed by atoms with Crippen LogP contribution in [-0.2, 0) is 24.1 Å². The number of nitrogens with two attached hydrogens (primary N) is 1. The molecule has 1 heterocycles. The summed E-state index contributed by atoms with van der Waals surface area (Å²) in [6, 6.07) is 22.2. The Labute approximate surface area is 222 Å². The highest BCUT2D eigenvalue weighted by Gasteiger charge is 2.55. The summed E-state index contributed by atoms with van der Waals surface area (Å²) in [5.41, 5.74) is 7.82. The predicted octanol–water partition coefficient (Wildman–Crippen LogP) is 3.87. The van der Waals surface area contributed by atoms with Crippen LogP contribution in [0.1, 0.15) is 19.3 Å². The van der Waals surface area contributed by atoms with Crippen molar-refractivity contribution in [3.05, 3.63) is 78.9 Å². The first-order chi connectivity index (χ1) is 18.2. The molecule has 0 amide bonds. The van der Waals surface area contributed by atoms with Crippen LogP contribution in [-0.4, -0.2) is 57.1 Å². The number of carbonyl (C=O) groups is 1. The van der Waals surface area contributed by atoms with Crippen molar-refractivity contribution in [2.24, 2.45) is 5.73 Å². The molecule has 4 rings (SSSR count). The molecule has 10 heteroatoms. The normalized spacial score (nSPS) is 16.8. The van der Waals surface area contributed by atoms with Crippen molar-refractivity contribution in [2.45, 2.75) is 34.8 Å². The fourth-order valence-electron chi connectivity index (χ4n) is 4.30. The highest BCUT2D eigenvalue weighted by molar-refractivity contribution is 7.93. The molecule has 3 aromatic carbocycles. The molecule has 38 heavy (non-hydrogen) atoms. The van der Waals surface area contributed by atoms with Gasteiger partial charge in [-0.1, -0.05) is 42.5 Å². The predicted molar refractivity (Wildman–Crippen MR) is 141 cm³/mol. The van der Waals surface area contributed by atoms with Crippen molar-refractivity contribution >= 4 is 15.8 Å². The number of carboxylic acid groups (broad SMARTS) is 1. The first kappa shape index (κ1) is 27.6. The summed E-state index contributed by atoms with van der Waals surface area (Å²) in [4.78, 5) is 9.52. The lowest BCUT2D eigenvalue weighted by Gasteiger charge is -2.41. The molecular formula is C28H31NO8S. The molecule has 0 radical (unpaired) electrons. The molecule has 1 fully saturated rings. The van der Waals surface area contributed by atoms with E-state index in [1.54, 1.807) is 43.5 Å². The van der Waals surface area contributed by atoms with E-state index in [-0.39, 0.29) is 31.1 Å². The highest BCUT2D eigenvalue weighted by atomic mass is 32.2. The SMILES string of the molecule is COc1ccc(-c2ccc(S(=O)(=O)C(N)(CC3(CCOc4ccccc4)OCCCO3)C(=O)O)cc2)cc1. The number of hydrogen-bond acceptors (Lipinski definition) is 8. The summed E-state index contributed by atoms with van der Waals surface area (Å²) in [6.45, 7) is 0.658. The Balaban J connectivity index is 1.58. The number of methoxy groups -OCH3 is 1. The second-order valence-electron chi connectivity index (χ2n) is 9.00. The monoisotopic (exact) mass is 541 g/mol. The van der Waals surface area contributed by atoms with Crippen molar-refractivity contribution in [1.29, 1.82) is 0 Å². The van der Waals surface area contributed by atoms with Gasteiger partial charge in [-0.3, -0.25) is 0 Å². The standard InChI is InChI=1S/C28H31NO8S/c1-34-23-12-8-21(9-13-23)22-10-14-25(15-11-22)38(32,33)28(29,26(30)31)20-27(36-17-5-18-37-27)16-19-35-24-6-3-2-4-7-24/h2-4,6-15H,5,16-20,29H2,1H3,(H,30,31). The van der Waals surface area contributed by atoms with Crippen molar-refractivity contribution in [2.75, 3.05) is 26.9 Å². The van der Waals surface area contributed by atoms with E-state index < -0.39 is 32.9 Å². The second kappa shape index (κ2) is 11.5. The minimum atomic E-state index is -4.57. The topological polar surface area (TPSA) is 134 Å². The fraction of sp³-hybridized carbons (Fsp3) is 0.321. The van der Waals surface area contributed by atoms with Crippen molar-refractivity contribution in [3.8, 4) is 22.6 Å². The van der Waals surface area contributed by atoms with Crippen LogP contribution in [0.5, 0.6) is 11.5 Å². The highest BCUT2D eigenvalue weighted by Crippen LogP contribution is 2.37. The molecule has 0 saturated carbocycles. The van der Waals surface area contributed by atoms with Crippen LogP contribution < -0.4 is 15.2 Å². The molecule has 1 saturated heterocycles. The Morgan fingerprint density at radius 1 is 0.947 bits per heavy atom. The number of sulfone groups is 1. The van der Waals surface area contributed by atoms with Gasteiger partial charge in [0.1, 0.15) is 11.5 Å². The van der Waals surface area contributed by atoms with Gasteiger partial charge in [-0.15, -0.1) is 0 Å². The molecule has 3 aromatic rings. The van der Waals surface area contributed by atoms with Crippen LogP contribution in [0.15, 0.2) is 83.8 Å². The quantitative estimate of drug-likeness (QED) is 0.371. The van der Waals surface area contributed by atoms with E-state index in [0.717, 1.165) is 11.1 Å². The van der Waals surface area contributed by atoms with Crippen LogP contribution in [0.25, 0.3) is 11.1 Å². The molecule has 1 unspecified atom stereocenters. The number of rotatable bonds is 11. The Kier molecular flexibility index (Phi) is 8.37. The second-order valence-corrected chi connectivity index (χ2v) is 11.2. The average molecular weight is 542 g/mol. The molecule has 9 nitrogen and oxygen atoms in total. The minimum Gasteiger partial charge on any atom is -0.497 e. The van der Waals surface area contributed by atoms with Crippen LogP contribution in [0, 0.1) is 0 Å². The van der Waals surface area contributed by atoms with Crippen LogP contribution in [0.2, 0.25) is 0 Å². The van der Waals surface area contributed by atoms with E-state index in [9.17, 15) is 18.3 Å². The zero-order valence-electron chi connectivity index (χ0n) is 21.0. The maximum absolute atomic E-state index is 13.7. The Morgan fingerprint density at radius 3 is 2.08 bits per heavy atom. The maximum Gasteiger partial charge on any atom is 0.340 e. The number of benzene rings is 3. The number of ether oxygens (including phenoxy) is 4. The van der Waals surface area contributed by atoms with Gasteiger partial charge in [0.25, 0.3) is 0 Å². The summed E-state index contributed by atoms with van der Waals surface area (Å²) < 4.78 is 50.0. The van der Waals surface area contributed by atoms with E-state index in [1.165, 1.54) is 12.1 Å². The maximum atomic E-state index is 13.7. The van der Waals surface area contributed by atoms with Gasteiger partial charge in [0, 0.05) is 12.8 Å². The van der Waals surface area contributed by atoms with Gasteiger partial charge in [0.15, 0.2) is 5.79 Å². The van der Waals surface area contributed by atoms with Crippen LogP contribution in [0.3, 0.4) is 0 Å². The van der Waals surface area contributed by atoms with Gasteiger partial charge < -0.3 is 29.8 Å². The van der Waals surface area contributed by atoms with Gasteiger partial charge >= 0.3 is 5.97 Å². The molecule has 0 aliphatic carbocycles. The number of carboxylic acids is 1. The molecular weight excluding hydrogens is 510 g/mol. The molecule has 1 aliphatic heterocycles. The lowest BCUT2D eigenvalue weighted by atomic mass is 10.0. The molecule has 0 spiro atoms. The smallest absolute Gasteiger partial charge is 0.340 e. The summed E-state index contributed by atoms with van der Waals surface area (Å²) in [7, 11) is -3.00. The Morgan fingerprint density at radius 2 is 1.53 bits per heavy atom. The third-order valence-corrected chi connectivity index (χ3v) is 8.65. The Bertz CT molecular complexity index is 1320. The fourth-order valence-corrected chi connectivity index (χ4v) is 5.85. The van der Waals surface area contributed by atoms with Crippen molar-refractivity contribution in [3.63, 3.8) is 0 Å². The van der Waals surface area contributed by atoms with Crippen molar-refractivity contribution in [1.82, 2.24) is 0 Å². The third kappa shape index (κ3) is 5.83. The summed E-state index contributed by atoms with van der Waals surface area (Å²) in [5.74, 6) is -1.94. The van der Waals surface area contributed by atoms with E-state index in [1.807, 2.05) is 30.3 Å². The van der Waals surface area contributed by atoms with E-state index >= 15 is 0 Å². The van der Waals surface area contributed by atoms with Gasteiger partial charge in [-0.05, 0) is 53.9 Å². The number of para-hydroxylation sites is 1. The van der Waals surface area contributed by atoms with E-state index in [4.69, 9.17) is 24.7 Å². The molecule has 3 N–H and O–H groups in total. The number of aliphatic carboxylic acids is 1. The first-order valence-corrected chi connectivity index (χ1v) is 13.6. The number of hydrogen-bond donors (Lipinski definition) is 2. The van der Waals surface area contributed by atoms with E-state index in [2.05, 4.69) is 0 Å². The van der Waals surface area contributed by atoms with Crippen LogP contribution >= 0.6 is 0 Å². The van der Waals surface area contributed by atoms with E-state index in [0.29, 0.717) is 17.9 Å². The first-order valence-electron chi connectivity index (χ1n) is 12.2. The van der Waals surface area contributed by atoms with Gasteiger partial charge in [0.05, 0.1) is 31.8 Å². The molecule has 0 bridgehead atoms.